The zero-order valence-electron chi connectivity index (χ0n) is 10.8. The lowest BCUT2D eigenvalue weighted by atomic mass is 10.0. The Morgan fingerprint density at radius 1 is 1.22 bits per heavy atom. The Bertz CT molecular complexity index is 560. The van der Waals surface area contributed by atoms with E-state index in [1.165, 1.54) is 10.8 Å². The molecule has 0 aromatic heterocycles. The van der Waals surface area contributed by atoms with Crippen LogP contribution >= 0.6 is 0 Å². The summed E-state index contributed by atoms with van der Waals surface area (Å²) in [5, 5.41) is 2.36. The maximum atomic E-state index is 5.85. The number of benzene rings is 2. The van der Waals surface area contributed by atoms with Crippen LogP contribution in [0.2, 0.25) is 0 Å². The molecular formula is C16H19NO. The van der Waals surface area contributed by atoms with Crippen molar-refractivity contribution in [2.75, 3.05) is 6.61 Å². The van der Waals surface area contributed by atoms with Gasteiger partial charge in [0.05, 0.1) is 0 Å². The van der Waals surface area contributed by atoms with E-state index in [0.717, 1.165) is 23.3 Å². The minimum atomic E-state index is 0.481. The second kappa shape index (κ2) is 5.69. The molecule has 0 unspecified atom stereocenters. The van der Waals surface area contributed by atoms with E-state index in [4.69, 9.17) is 10.5 Å². The molecule has 0 heterocycles. The molecule has 94 valence electrons. The molecule has 0 radical (unpaired) electrons. The van der Waals surface area contributed by atoms with Gasteiger partial charge in [0, 0.05) is 12.1 Å². The number of hydrogen-bond acceptors (Lipinski definition) is 2. The molecule has 2 aromatic rings. The molecule has 0 atom stereocenters. The first-order valence-electron chi connectivity index (χ1n) is 6.26. The topological polar surface area (TPSA) is 35.2 Å². The van der Waals surface area contributed by atoms with Crippen molar-refractivity contribution < 1.29 is 4.74 Å². The summed E-state index contributed by atoms with van der Waals surface area (Å²) >= 11 is 0. The van der Waals surface area contributed by atoms with Gasteiger partial charge in [-0.1, -0.05) is 43.8 Å². The van der Waals surface area contributed by atoms with Gasteiger partial charge in [0.15, 0.2) is 0 Å². The van der Waals surface area contributed by atoms with E-state index in [9.17, 15) is 0 Å². The summed E-state index contributed by atoms with van der Waals surface area (Å²) in [7, 11) is 0. The molecule has 2 heteroatoms. The van der Waals surface area contributed by atoms with Gasteiger partial charge < -0.3 is 10.5 Å². The first kappa shape index (κ1) is 12.7. The summed E-state index contributed by atoms with van der Waals surface area (Å²) in [4.78, 5) is 0. The molecule has 2 aromatic carbocycles. The van der Waals surface area contributed by atoms with Crippen LogP contribution in [0.5, 0.6) is 5.75 Å². The first-order valence-corrected chi connectivity index (χ1v) is 6.26. The van der Waals surface area contributed by atoms with Gasteiger partial charge in [-0.2, -0.15) is 0 Å². The average Bonchev–Trinajstić information content (AvgIpc) is 2.43. The van der Waals surface area contributed by atoms with Crippen molar-refractivity contribution >= 4 is 10.8 Å². The van der Waals surface area contributed by atoms with Crippen molar-refractivity contribution in [2.45, 2.75) is 19.9 Å². The molecular weight excluding hydrogens is 222 g/mol. The highest BCUT2D eigenvalue weighted by Gasteiger charge is 2.07. The second-order valence-corrected chi connectivity index (χ2v) is 4.36. The first-order chi connectivity index (χ1) is 8.76. The Hall–Kier alpha value is -1.80. The van der Waals surface area contributed by atoms with E-state index < -0.39 is 0 Å². The smallest absolute Gasteiger partial charge is 0.124 e. The minimum absolute atomic E-state index is 0.481. The second-order valence-electron chi connectivity index (χ2n) is 4.36. The molecule has 0 aliphatic heterocycles. The molecule has 0 aliphatic rings. The maximum Gasteiger partial charge on any atom is 0.124 e. The zero-order chi connectivity index (χ0) is 13.0. The molecule has 2 nitrogen and oxygen atoms in total. The van der Waals surface area contributed by atoms with E-state index in [2.05, 4.69) is 31.7 Å². The van der Waals surface area contributed by atoms with Crippen LogP contribution in [0.1, 0.15) is 18.9 Å². The summed E-state index contributed by atoms with van der Waals surface area (Å²) in [6.45, 7) is 7.07. The summed E-state index contributed by atoms with van der Waals surface area (Å²) in [5.41, 5.74) is 8.01. The predicted molar refractivity (Wildman–Crippen MR) is 76.8 cm³/mol. The van der Waals surface area contributed by atoms with Gasteiger partial charge in [-0.15, -0.1) is 0 Å². The van der Waals surface area contributed by atoms with Gasteiger partial charge in [-0.25, -0.2) is 0 Å². The van der Waals surface area contributed by atoms with Crippen LogP contribution in [0.4, 0.5) is 0 Å². The zero-order valence-corrected chi connectivity index (χ0v) is 10.8. The van der Waals surface area contributed by atoms with Gasteiger partial charge in [-0.3, -0.25) is 0 Å². The molecule has 0 saturated carbocycles. The van der Waals surface area contributed by atoms with Crippen LogP contribution in [-0.2, 0) is 6.54 Å². The Morgan fingerprint density at radius 2 is 2.00 bits per heavy atom. The van der Waals surface area contributed by atoms with E-state index in [1.54, 1.807) is 0 Å². The third-order valence-corrected chi connectivity index (χ3v) is 3.13. The molecule has 0 aliphatic carbocycles. The largest absolute Gasteiger partial charge is 0.489 e. The fourth-order valence-electron chi connectivity index (χ4n) is 1.94. The van der Waals surface area contributed by atoms with E-state index >= 15 is 0 Å². The summed E-state index contributed by atoms with van der Waals surface area (Å²) in [6, 6.07) is 12.3. The average molecular weight is 241 g/mol. The van der Waals surface area contributed by atoms with Crippen molar-refractivity contribution in [3.63, 3.8) is 0 Å². The van der Waals surface area contributed by atoms with Gasteiger partial charge in [0.25, 0.3) is 0 Å². The quantitative estimate of drug-likeness (QED) is 0.811. The molecule has 0 amide bonds. The van der Waals surface area contributed by atoms with Crippen molar-refractivity contribution in [2.24, 2.45) is 5.73 Å². The number of ether oxygens (including phenoxy) is 1. The van der Waals surface area contributed by atoms with E-state index in [-0.39, 0.29) is 0 Å². The molecule has 0 spiro atoms. The highest BCUT2D eigenvalue weighted by Crippen LogP contribution is 2.28. The normalized spacial score (nSPS) is 10.6. The van der Waals surface area contributed by atoms with Crippen LogP contribution in [0, 0.1) is 0 Å². The van der Waals surface area contributed by atoms with Crippen LogP contribution in [0.3, 0.4) is 0 Å². The van der Waals surface area contributed by atoms with Gasteiger partial charge >= 0.3 is 0 Å². The van der Waals surface area contributed by atoms with Crippen LogP contribution in [-0.4, -0.2) is 6.61 Å². The van der Waals surface area contributed by atoms with Crippen molar-refractivity contribution in [1.29, 1.82) is 0 Å². The number of nitrogens with two attached hydrogens (primary N) is 1. The van der Waals surface area contributed by atoms with Gasteiger partial charge in [0.2, 0.25) is 0 Å². The fraction of sp³-hybridized carbons (Fsp3) is 0.250. The summed E-state index contributed by atoms with van der Waals surface area (Å²) in [5.74, 6) is 0.866. The van der Waals surface area contributed by atoms with E-state index in [0.29, 0.717) is 13.2 Å². The Kier molecular flexibility index (Phi) is 4.00. The third kappa shape index (κ3) is 2.54. The van der Waals surface area contributed by atoms with Crippen LogP contribution in [0.15, 0.2) is 48.6 Å². The van der Waals surface area contributed by atoms with Crippen LogP contribution in [0.25, 0.3) is 10.8 Å². The fourth-order valence-corrected chi connectivity index (χ4v) is 1.94. The van der Waals surface area contributed by atoms with Crippen molar-refractivity contribution in [3.05, 3.63) is 54.1 Å². The standard InChI is InChI=1S/C16H19NO/c1-3-12(2)11-18-16-9-8-13-6-4-5-7-14(13)15(16)10-17/h4-9H,2-3,10-11,17H2,1H3. The Balaban J connectivity index is 2.35. The third-order valence-electron chi connectivity index (χ3n) is 3.13. The molecule has 0 bridgehead atoms. The Labute approximate surface area is 108 Å². The molecule has 18 heavy (non-hydrogen) atoms. The number of hydrogen-bond donors (Lipinski definition) is 1. The lowest BCUT2D eigenvalue weighted by Gasteiger charge is -2.13. The van der Waals surface area contributed by atoms with Crippen LogP contribution < -0.4 is 10.5 Å². The molecule has 2 rings (SSSR count). The Morgan fingerprint density at radius 3 is 2.72 bits per heavy atom. The SMILES string of the molecule is C=C(CC)COc1ccc2ccccc2c1CN. The number of fused-ring (bicyclic) bond motifs is 1. The highest BCUT2D eigenvalue weighted by molar-refractivity contribution is 5.87. The molecule has 2 N–H and O–H groups in total. The lowest BCUT2D eigenvalue weighted by molar-refractivity contribution is 0.346. The van der Waals surface area contributed by atoms with Crippen molar-refractivity contribution in [3.8, 4) is 5.75 Å². The minimum Gasteiger partial charge on any atom is -0.489 e. The van der Waals surface area contributed by atoms with E-state index in [1.807, 2.05) is 18.2 Å². The lowest BCUT2D eigenvalue weighted by Crippen LogP contribution is -2.05. The van der Waals surface area contributed by atoms with Crippen molar-refractivity contribution in [1.82, 2.24) is 0 Å². The van der Waals surface area contributed by atoms with Gasteiger partial charge in [-0.05, 0) is 28.8 Å². The summed E-state index contributed by atoms with van der Waals surface area (Å²) in [6.07, 6.45) is 0.936. The monoisotopic (exact) mass is 241 g/mol. The predicted octanol–water partition coefficient (Wildman–Crippen LogP) is 3.64. The highest BCUT2D eigenvalue weighted by atomic mass is 16.5. The molecule has 0 fully saturated rings. The molecule has 0 saturated heterocycles. The summed E-state index contributed by atoms with van der Waals surface area (Å²) < 4.78 is 5.81. The number of rotatable bonds is 5. The van der Waals surface area contributed by atoms with Gasteiger partial charge in [0.1, 0.15) is 12.4 Å². The maximum absolute atomic E-state index is 5.85.